The molecule has 106 valence electrons. The SMILES string of the molecule is COCc1nc(C)cc(Oc2ccc3nccnc3c2)n1. The molecule has 6 heteroatoms. The summed E-state index contributed by atoms with van der Waals surface area (Å²) >= 11 is 0. The molecule has 0 unspecified atom stereocenters. The van der Waals surface area contributed by atoms with E-state index in [0.29, 0.717) is 24.1 Å². The lowest BCUT2D eigenvalue weighted by atomic mass is 10.3. The van der Waals surface area contributed by atoms with E-state index < -0.39 is 0 Å². The summed E-state index contributed by atoms with van der Waals surface area (Å²) in [5.41, 5.74) is 2.43. The molecule has 0 bridgehead atoms. The number of hydrogen-bond donors (Lipinski definition) is 0. The molecule has 0 saturated heterocycles. The maximum Gasteiger partial charge on any atom is 0.222 e. The summed E-state index contributed by atoms with van der Waals surface area (Å²) < 4.78 is 10.8. The van der Waals surface area contributed by atoms with Crippen LogP contribution in [0.2, 0.25) is 0 Å². The molecule has 0 aliphatic carbocycles. The van der Waals surface area contributed by atoms with Crippen LogP contribution < -0.4 is 4.74 Å². The Morgan fingerprint density at radius 1 is 1.00 bits per heavy atom. The largest absolute Gasteiger partial charge is 0.439 e. The summed E-state index contributed by atoms with van der Waals surface area (Å²) in [7, 11) is 1.61. The highest BCUT2D eigenvalue weighted by Crippen LogP contribution is 2.23. The number of rotatable bonds is 4. The van der Waals surface area contributed by atoms with E-state index >= 15 is 0 Å². The fourth-order valence-corrected chi connectivity index (χ4v) is 1.97. The van der Waals surface area contributed by atoms with Gasteiger partial charge in [-0.15, -0.1) is 0 Å². The van der Waals surface area contributed by atoms with Crippen molar-refractivity contribution >= 4 is 11.0 Å². The van der Waals surface area contributed by atoms with Crippen molar-refractivity contribution in [3.8, 4) is 11.6 Å². The Kier molecular flexibility index (Phi) is 3.70. The number of methoxy groups -OCH3 is 1. The van der Waals surface area contributed by atoms with Gasteiger partial charge in [-0.2, -0.15) is 4.98 Å². The summed E-state index contributed by atoms with van der Waals surface area (Å²) in [6.07, 6.45) is 3.31. The zero-order valence-electron chi connectivity index (χ0n) is 11.8. The number of ether oxygens (including phenoxy) is 2. The fourth-order valence-electron chi connectivity index (χ4n) is 1.97. The number of nitrogens with zero attached hydrogens (tertiary/aromatic N) is 4. The van der Waals surface area contributed by atoms with Crippen LogP contribution in [0.25, 0.3) is 11.0 Å². The van der Waals surface area contributed by atoms with Crippen LogP contribution in [0.1, 0.15) is 11.5 Å². The van der Waals surface area contributed by atoms with Crippen LogP contribution in [0, 0.1) is 6.92 Å². The summed E-state index contributed by atoms with van der Waals surface area (Å²) in [5.74, 6) is 1.73. The van der Waals surface area contributed by atoms with Crippen molar-refractivity contribution in [1.82, 2.24) is 19.9 Å². The Morgan fingerprint density at radius 3 is 2.62 bits per heavy atom. The lowest BCUT2D eigenvalue weighted by Crippen LogP contribution is -2.00. The smallest absolute Gasteiger partial charge is 0.222 e. The number of benzene rings is 1. The average molecular weight is 282 g/mol. The van der Waals surface area contributed by atoms with Crippen LogP contribution in [0.15, 0.2) is 36.7 Å². The van der Waals surface area contributed by atoms with E-state index in [-0.39, 0.29) is 0 Å². The van der Waals surface area contributed by atoms with Gasteiger partial charge in [-0.25, -0.2) is 4.98 Å². The van der Waals surface area contributed by atoms with Crippen LogP contribution in [0.5, 0.6) is 11.6 Å². The Morgan fingerprint density at radius 2 is 1.81 bits per heavy atom. The van der Waals surface area contributed by atoms with Crippen molar-refractivity contribution in [2.24, 2.45) is 0 Å². The van der Waals surface area contributed by atoms with E-state index in [1.165, 1.54) is 0 Å². The molecule has 0 atom stereocenters. The van der Waals surface area contributed by atoms with Gasteiger partial charge in [0.1, 0.15) is 12.4 Å². The third-order valence-corrected chi connectivity index (χ3v) is 2.81. The molecule has 2 heterocycles. The van der Waals surface area contributed by atoms with Gasteiger partial charge in [-0.3, -0.25) is 9.97 Å². The summed E-state index contributed by atoms with van der Waals surface area (Å²) in [6.45, 7) is 2.24. The molecule has 0 aliphatic heterocycles. The molecule has 0 radical (unpaired) electrons. The summed E-state index contributed by atoms with van der Waals surface area (Å²) in [5, 5.41) is 0. The highest BCUT2D eigenvalue weighted by Gasteiger charge is 2.06. The molecule has 3 aromatic rings. The van der Waals surface area contributed by atoms with Gasteiger partial charge < -0.3 is 9.47 Å². The average Bonchev–Trinajstić information content (AvgIpc) is 2.47. The number of hydrogen-bond acceptors (Lipinski definition) is 6. The van der Waals surface area contributed by atoms with Crippen molar-refractivity contribution in [1.29, 1.82) is 0 Å². The van der Waals surface area contributed by atoms with Gasteiger partial charge >= 0.3 is 0 Å². The van der Waals surface area contributed by atoms with Crippen molar-refractivity contribution < 1.29 is 9.47 Å². The molecular formula is C15H14N4O2. The first-order valence-corrected chi connectivity index (χ1v) is 6.47. The third kappa shape index (κ3) is 3.11. The topological polar surface area (TPSA) is 70.0 Å². The molecule has 21 heavy (non-hydrogen) atoms. The monoisotopic (exact) mass is 282 g/mol. The van der Waals surface area contributed by atoms with Crippen LogP contribution in [-0.2, 0) is 11.3 Å². The van der Waals surface area contributed by atoms with Gasteiger partial charge in [0.25, 0.3) is 0 Å². The minimum atomic E-state index is 0.348. The minimum absolute atomic E-state index is 0.348. The van der Waals surface area contributed by atoms with E-state index in [2.05, 4.69) is 19.9 Å². The van der Waals surface area contributed by atoms with E-state index in [4.69, 9.17) is 9.47 Å². The molecule has 0 fully saturated rings. The normalized spacial score (nSPS) is 10.8. The number of aryl methyl sites for hydroxylation is 1. The van der Waals surface area contributed by atoms with Gasteiger partial charge in [0.05, 0.1) is 11.0 Å². The molecule has 0 spiro atoms. The molecule has 0 amide bonds. The Bertz CT molecular complexity index is 776. The van der Waals surface area contributed by atoms with Gasteiger partial charge in [-0.1, -0.05) is 0 Å². The zero-order valence-corrected chi connectivity index (χ0v) is 11.8. The van der Waals surface area contributed by atoms with E-state index in [1.807, 2.05) is 25.1 Å². The molecule has 0 N–H and O–H groups in total. The Balaban J connectivity index is 1.90. The second kappa shape index (κ2) is 5.80. The predicted molar refractivity (Wildman–Crippen MR) is 77.1 cm³/mol. The first-order chi connectivity index (χ1) is 10.2. The predicted octanol–water partition coefficient (Wildman–Crippen LogP) is 2.67. The Labute approximate surface area is 121 Å². The summed E-state index contributed by atoms with van der Waals surface area (Å²) in [4.78, 5) is 17.1. The van der Waals surface area contributed by atoms with Crippen LogP contribution in [0.4, 0.5) is 0 Å². The molecule has 3 rings (SSSR count). The lowest BCUT2D eigenvalue weighted by Gasteiger charge is -2.08. The third-order valence-electron chi connectivity index (χ3n) is 2.81. The standard InChI is InChI=1S/C15H14N4O2/c1-10-7-15(19-14(18-10)9-20-2)21-11-3-4-12-13(8-11)17-6-5-16-12/h3-8H,9H2,1-2H3. The Hall–Kier alpha value is -2.60. The fraction of sp³-hybridized carbons (Fsp3) is 0.200. The lowest BCUT2D eigenvalue weighted by molar-refractivity contribution is 0.177. The second-order valence-corrected chi connectivity index (χ2v) is 4.51. The first kappa shape index (κ1) is 13.4. The molecule has 0 aliphatic rings. The molecule has 2 aromatic heterocycles. The van der Waals surface area contributed by atoms with E-state index in [9.17, 15) is 0 Å². The van der Waals surface area contributed by atoms with Crippen LogP contribution >= 0.6 is 0 Å². The van der Waals surface area contributed by atoms with Crippen molar-refractivity contribution in [3.63, 3.8) is 0 Å². The minimum Gasteiger partial charge on any atom is -0.439 e. The summed E-state index contributed by atoms with van der Waals surface area (Å²) in [6, 6.07) is 7.31. The van der Waals surface area contributed by atoms with Gasteiger partial charge in [0, 0.05) is 37.3 Å². The number of aromatic nitrogens is 4. The maximum atomic E-state index is 5.78. The highest BCUT2D eigenvalue weighted by molar-refractivity contribution is 5.75. The van der Waals surface area contributed by atoms with Gasteiger partial charge in [-0.05, 0) is 19.1 Å². The molecule has 1 aromatic carbocycles. The highest BCUT2D eigenvalue weighted by atomic mass is 16.5. The van der Waals surface area contributed by atoms with E-state index in [0.717, 1.165) is 16.7 Å². The van der Waals surface area contributed by atoms with Crippen molar-refractivity contribution in [3.05, 3.63) is 48.2 Å². The quantitative estimate of drug-likeness (QED) is 0.732. The maximum absolute atomic E-state index is 5.78. The van der Waals surface area contributed by atoms with Crippen LogP contribution in [0.3, 0.4) is 0 Å². The van der Waals surface area contributed by atoms with Gasteiger partial charge in [0.2, 0.25) is 5.88 Å². The van der Waals surface area contributed by atoms with Crippen LogP contribution in [-0.4, -0.2) is 27.0 Å². The van der Waals surface area contributed by atoms with Crippen molar-refractivity contribution in [2.45, 2.75) is 13.5 Å². The zero-order chi connectivity index (χ0) is 14.7. The van der Waals surface area contributed by atoms with Gasteiger partial charge in [0.15, 0.2) is 5.82 Å². The first-order valence-electron chi connectivity index (χ1n) is 6.47. The van der Waals surface area contributed by atoms with Crippen molar-refractivity contribution in [2.75, 3.05) is 7.11 Å². The molecular weight excluding hydrogens is 268 g/mol. The second-order valence-electron chi connectivity index (χ2n) is 4.51. The number of fused-ring (bicyclic) bond motifs is 1. The molecule has 0 saturated carbocycles. The molecule has 6 nitrogen and oxygen atoms in total. The van der Waals surface area contributed by atoms with E-state index in [1.54, 1.807) is 25.6 Å².